The predicted molar refractivity (Wildman–Crippen MR) is 166 cm³/mol. The summed E-state index contributed by atoms with van der Waals surface area (Å²) in [5.41, 5.74) is 1.33. The number of hydrogen-bond acceptors (Lipinski definition) is 8. The summed E-state index contributed by atoms with van der Waals surface area (Å²) >= 11 is 2.25. The summed E-state index contributed by atoms with van der Waals surface area (Å²) in [7, 11) is 1.66. The van der Waals surface area contributed by atoms with Crippen molar-refractivity contribution in [1.82, 2.24) is 24.5 Å². The fourth-order valence-corrected chi connectivity index (χ4v) is 6.35. The Bertz CT molecular complexity index is 1480. The van der Waals surface area contributed by atoms with Gasteiger partial charge in [-0.2, -0.15) is 0 Å². The third-order valence-electron chi connectivity index (χ3n) is 7.86. The quantitative estimate of drug-likeness (QED) is 0.105. The fourth-order valence-electron chi connectivity index (χ4n) is 4.55. The molecule has 1 aromatic carbocycles. The van der Waals surface area contributed by atoms with Crippen LogP contribution in [0.15, 0.2) is 41.8 Å². The van der Waals surface area contributed by atoms with Crippen LogP contribution in [0.5, 0.6) is 0 Å². The number of nitrogens with zero attached hydrogens (tertiary/aromatic N) is 6. The van der Waals surface area contributed by atoms with Crippen LogP contribution in [0.25, 0.3) is 11.0 Å². The molecule has 2 amide bonds. The number of carbonyl (C=O) groups excluding carboxylic acids is 2. The third kappa shape index (κ3) is 5.69. The van der Waals surface area contributed by atoms with E-state index in [1.54, 1.807) is 30.6 Å². The van der Waals surface area contributed by atoms with Crippen molar-refractivity contribution in [1.29, 1.82) is 0 Å². The van der Waals surface area contributed by atoms with Gasteiger partial charge in [-0.25, -0.2) is 15.0 Å². The van der Waals surface area contributed by atoms with E-state index in [0.29, 0.717) is 29.0 Å². The number of amides is 2. The third-order valence-corrected chi connectivity index (χ3v) is 13.2. The molecule has 218 valence electrons. The van der Waals surface area contributed by atoms with E-state index in [2.05, 4.69) is 71.4 Å². The van der Waals surface area contributed by atoms with Crippen LogP contribution in [0, 0.1) is 3.57 Å². The lowest BCUT2D eigenvalue weighted by molar-refractivity contribution is -0.154. The molecule has 0 radical (unpaired) electrons. The van der Waals surface area contributed by atoms with E-state index < -0.39 is 38.6 Å². The highest BCUT2D eigenvalue weighted by atomic mass is 127. The van der Waals surface area contributed by atoms with E-state index in [0.717, 1.165) is 14.0 Å². The normalized spacial score (nSPS) is 21.5. The summed E-state index contributed by atoms with van der Waals surface area (Å²) in [5.74, 6) is -0.396. The van der Waals surface area contributed by atoms with Crippen molar-refractivity contribution in [2.45, 2.75) is 63.8 Å². The summed E-state index contributed by atoms with van der Waals surface area (Å²) < 4.78 is 16.0. The molecular weight excluding hydrogens is 655 g/mol. The number of hydrogen-bond donors (Lipinski definition) is 0. The number of benzene rings is 1. The molecule has 0 aliphatic carbocycles. The number of aliphatic imine (C=N–C) groups is 1. The average Bonchev–Trinajstić information content (AvgIpc) is 3.55. The first-order valence-electron chi connectivity index (χ1n) is 13.4. The molecule has 5 rings (SSSR count). The van der Waals surface area contributed by atoms with Crippen LogP contribution >= 0.6 is 22.6 Å². The van der Waals surface area contributed by atoms with E-state index in [1.165, 1.54) is 6.33 Å². The summed E-state index contributed by atoms with van der Waals surface area (Å²) in [6, 6.07) is 6.73. The highest BCUT2D eigenvalue weighted by molar-refractivity contribution is 14.1. The van der Waals surface area contributed by atoms with Crippen LogP contribution in [0.1, 0.15) is 54.1 Å². The number of fused-ring (bicyclic) bond motifs is 2. The predicted octanol–water partition coefficient (Wildman–Crippen LogP) is 5.16. The van der Waals surface area contributed by atoms with Gasteiger partial charge in [0.25, 0.3) is 11.8 Å². The molecule has 41 heavy (non-hydrogen) atoms. The van der Waals surface area contributed by atoms with E-state index in [1.807, 2.05) is 29.8 Å². The van der Waals surface area contributed by atoms with Gasteiger partial charge in [0.15, 0.2) is 14.1 Å². The average molecular weight is 691 g/mol. The molecule has 1 saturated heterocycles. The van der Waals surface area contributed by atoms with Crippen LogP contribution in [0.3, 0.4) is 0 Å². The molecular formula is C28H35IN6O5Si. The molecule has 11 nitrogen and oxygen atoms in total. The number of carbonyl (C=O) groups is 2. The van der Waals surface area contributed by atoms with Crippen molar-refractivity contribution >= 4 is 65.9 Å². The minimum Gasteiger partial charge on any atom is -0.414 e. The zero-order valence-electron chi connectivity index (χ0n) is 24.3. The van der Waals surface area contributed by atoms with Crippen LogP contribution in [-0.4, -0.2) is 83.9 Å². The minimum atomic E-state index is -2.12. The molecule has 0 bridgehead atoms. The molecule has 0 saturated carbocycles. The van der Waals surface area contributed by atoms with Crippen molar-refractivity contribution in [3.05, 3.63) is 51.5 Å². The first-order valence-corrected chi connectivity index (χ1v) is 17.4. The highest BCUT2D eigenvalue weighted by Crippen LogP contribution is 2.40. The Labute approximate surface area is 254 Å². The number of hydroxylamine groups is 2. The molecule has 1 fully saturated rings. The van der Waals surface area contributed by atoms with E-state index in [9.17, 15) is 9.59 Å². The second kappa shape index (κ2) is 11.2. The van der Waals surface area contributed by atoms with Crippen LogP contribution < -0.4 is 0 Å². The molecule has 0 N–H and O–H groups in total. The molecule has 2 aliphatic rings. The first-order chi connectivity index (χ1) is 19.3. The van der Waals surface area contributed by atoms with Gasteiger partial charge in [0, 0.05) is 30.3 Å². The van der Waals surface area contributed by atoms with Gasteiger partial charge in [0.2, 0.25) is 0 Å². The SMILES string of the molecule is CN(C)/C=N/c1ncnc2c1c(I)cn2[C@H]1C[C@@H](ON2C(=O)c3ccccc3C2=O)[C@@H](CO[Si](C)(C)C(C)(C)C)O1. The second-order valence-electron chi connectivity index (χ2n) is 12.0. The van der Waals surface area contributed by atoms with Crippen molar-refractivity contribution in [2.75, 3.05) is 20.7 Å². The number of rotatable bonds is 8. The van der Waals surface area contributed by atoms with E-state index in [4.69, 9.17) is 14.0 Å². The summed E-state index contributed by atoms with van der Waals surface area (Å²) in [4.78, 5) is 47.7. The Morgan fingerprint density at radius 2 is 1.83 bits per heavy atom. The lowest BCUT2D eigenvalue weighted by Crippen LogP contribution is -2.45. The number of aromatic nitrogens is 3. The van der Waals surface area contributed by atoms with Crippen LogP contribution in [0.2, 0.25) is 18.1 Å². The summed E-state index contributed by atoms with van der Waals surface area (Å²) in [5, 5.41) is 1.68. The van der Waals surface area contributed by atoms with E-state index in [-0.39, 0.29) is 11.6 Å². The summed E-state index contributed by atoms with van der Waals surface area (Å²) in [6.07, 6.45) is 3.89. The Morgan fingerprint density at radius 3 is 2.44 bits per heavy atom. The molecule has 0 spiro atoms. The largest absolute Gasteiger partial charge is 0.414 e. The summed E-state index contributed by atoms with van der Waals surface area (Å²) in [6.45, 7) is 11.1. The first kappa shape index (κ1) is 29.8. The van der Waals surface area contributed by atoms with Crippen molar-refractivity contribution in [3.8, 4) is 0 Å². The Hall–Kier alpha value is -2.72. The standard InChI is InChI=1S/C28H35IN6O5Si/c1-28(2,3)41(6,7)38-14-21-20(40-35-26(36)17-10-8-9-11-18(17)27(35)37)12-22(39-21)34-13-19(29)23-24(32-16-33(4)5)30-15-31-25(23)34/h8-11,13,15-16,20-22H,12,14H2,1-7H3/b32-16+/t20-,21-,22-/m1/s1. The topological polar surface area (TPSA) is 111 Å². The lowest BCUT2D eigenvalue weighted by Gasteiger charge is -2.37. The Kier molecular flexibility index (Phi) is 8.11. The number of ether oxygens (including phenoxy) is 1. The van der Waals surface area contributed by atoms with Crippen molar-refractivity contribution in [2.24, 2.45) is 4.99 Å². The van der Waals surface area contributed by atoms with Gasteiger partial charge in [0.05, 0.1) is 29.5 Å². The Balaban J connectivity index is 1.45. The second-order valence-corrected chi connectivity index (χ2v) is 18.0. The lowest BCUT2D eigenvalue weighted by atomic mass is 10.1. The maximum atomic E-state index is 13.1. The van der Waals surface area contributed by atoms with Gasteiger partial charge in [-0.05, 0) is 52.9 Å². The van der Waals surface area contributed by atoms with Crippen LogP contribution in [0.4, 0.5) is 5.82 Å². The van der Waals surface area contributed by atoms with Gasteiger partial charge < -0.3 is 18.6 Å². The molecule has 2 aromatic heterocycles. The smallest absolute Gasteiger partial charge is 0.285 e. The zero-order chi connectivity index (χ0) is 29.7. The maximum Gasteiger partial charge on any atom is 0.285 e. The maximum absolute atomic E-state index is 13.1. The van der Waals surface area contributed by atoms with Crippen molar-refractivity contribution in [3.63, 3.8) is 0 Å². The minimum absolute atomic E-state index is 0.00295. The number of imide groups is 1. The molecule has 13 heteroatoms. The van der Waals surface area contributed by atoms with E-state index >= 15 is 0 Å². The van der Waals surface area contributed by atoms with Gasteiger partial charge >= 0.3 is 0 Å². The van der Waals surface area contributed by atoms with Gasteiger partial charge in [-0.3, -0.25) is 14.4 Å². The van der Waals surface area contributed by atoms with Gasteiger partial charge in [-0.15, -0.1) is 5.06 Å². The van der Waals surface area contributed by atoms with Crippen LogP contribution in [-0.2, 0) is 14.0 Å². The van der Waals surface area contributed by atoms with Crippen molar-refractivity contribution < 1.29 is 23.6 Å². The molecule has 3 aromatic rings. The molecule has 0 unspecified atom stereocenters. The molecule has 3 atom stereocenters. The zero-order valence-corrected chi connectivity index (χ0v) is 27.4. The Morgan fingerprint density at radius 1 is 1.17 bits per heavy atom. The van der Waals surface area contributed by atoms with Gasteiger partial charge in [0.1, 0.15) is 30.4 Å². The molecule has 2 aliphatic heterocycles. The van der Waals surface area contributed by atoms with Gasteiger partial charge in [-0.1, -0.05) is 32.9 Å². The highest BCUT2D eigenvalue weighted by Gasteiger charge is 2.46. The molecule has 4 heterocycles. The monoisotopic (exact) mass is 690 g/mol. The number of halogens is 1. The fraction of sp³-hybridized carbons (Fsp3) is 0.464.